The highest BCUT2D eigenvalue weighted by molar-refractivity contribution is 8.14. The van der Waals surface area contributed by atoms with E-state index in [1.807, 2.05) is 0 Å². The number of rotatable bonds is 5. The monoisotopic (exact) mass is 218 g/mol. The Morgan fingerprint density at radius 3 is 2.27 bits per heavy atom. The van der Waals surface area contributed by atoms with Gasteiger partial charge in [-0.25, -0.2) is 8.42 Å². The lowest BCUT2D eigenvalue weighted by Crippen LogP contribution is -2.14. The first-order valence-electron chi connectivity index (χ1n) is 3.51. The van der Waals surface area contributed by atoms with Crippen molar-refractivity contribution in [3.63, 3.8) is 0 Å². The summed E-state index contributed by atoms with van der Waals surface area (Å²) in [7, 11) is 1.79. The molecule has 0 saturated heterocycles. The summed E-state index contributed by atoms with van der Waals surface area (Å²) < 4.78 is 21.6. The Balaban J connectivity index is 3.97. The van der Waals surface area contributed by atoms with Gasteiger partial charge >= 0.3 is 0 Å². The third-order valence-corrected chi connectivity index (χ3v) is 3.90. The fourth-order valence-corrected chi connectivity index (χ4v) is 2.49. The highest BCUT2D eigenvalue weighted by Crippen LogP contribution is 2.16. The van der Waals surface area contributed by atoms with Gasteiger partial charge in [0.1, 0.15) is 0 Å². The normalized spacial score (nSPS) is 14.8. The smallest absolute Gasteiger partial charge is 0.212 e. The van der Waals surface area contributed by atoms with Gasteiger partial charge in [-0.3, -0.25) is 0 Å². The van der Waals surface area contributed by atoms with Gasteiger partial charge in [-0.2, -0.15) is 0 Å². The molecular formula is C6H12Cl2O2S. The summed E-state index contributed by atoms with van der Waals surface area (Å²) >= 11 is 5.41. The van der Waals surface area contributed by atoms with Gasteiger partial charge in [0.15, 0.2) is 0 Å². The second kappa shape index (κ2) is 5.22. The van der Waals surface area contributed by atoms with E-state index in [1.54, 1.807) is 6.92 Å². The molecule has 0 fully saturated rings. The summed E-state index contributed by atoms with van der Waals surface area (Å²) in [6, 6.07) is 0. The molecular weight excluding hydrogens is 207 g/mol. The highest BCUT2D eigenvalue weighted by Gasteiger charge is 2.19. The maximum Gasteiger partial charge on any atom is 0.235 e. The van der Waals surface area contributed by atoms with E-state index < -0.39 is 14.3 Å². The molecule has 2 nitrogen and oxygen atoms in total. The van der Waals surface area contributed by atoms with Crippen LogP contribution in [0.25, 0.3) is 0 Å². The number of hydrogen-bond donors (Lipinski definition) is 0. The van der Waals surface area contributed by atoms with Crippen molar-refractivity contribution in [3.05, 3.63) is 0 Å². The largest absolute Gasteiger partial charge is 0.235 e. The minimum absolute atomic E-state index is 0.428. The van der Waals surface area contributed by atoms with Crippen molar-refractivity contribution in [2.24, 2.45) is 0 Å². The lowest BCUT2D eigenvalue weighted by atomic mass is 10.2. The molecule has 0 aliphatic heterocycles. The van der Waals surface area contributed by atoms with Crippen LogP contribution in [0.3, 0.4) is 0 Å². The molecule has 0 bridgehead atoms. The lowest BCUT2D eigenvalue weighted by molar-refractivity contribution is 0.579. The zero-order valence-corrected chi connectivity index (χ0v) is 8.71. The molecule has 0 spiro atoms. The van der Waals surface area contributed by atoms with Crippen molar-refractivity contribution in [1.82, 2.24) is 0 Å². The van der Waals surface area contributed by atoms with E-state index in [0.717, 1.165) is 0 Å². The van der Waals surface area contributed by atoms with Crippen LogP contribution in [0.2, 0.25) is 0 Å². The summed E-state index contributed by atoms with van der Waals surface area (Å²) in [5, 5.41) is -0.428. The van der Waals surface area contributed by atoms with Gasteiger partial charge in [0.05, 0.1) is 5.25 Å². The molecule has 1 atom stereocenters. The van der Waals surface area contributed by atoms with Gasteiger partial charge in [-0.15, -0.1) is 11.6 Å². The third-order valence-electron chi connectivity index (χ3n) is 1.51. The van der Waals surface area contributed by atoms with Crippen LogP contribution in [0.5, 0.6) is 0 Å². The third kappa shape index (κ3) is 4.88. The predicted molar refractivity (Wildman–Crippen MR) is 48.8 cm³/mol. The Morgan fingerprint density at radius 1 is 1.45 bits per heavy atom. The molecule has 0 aromatic carbocycles. The molecule has 0 radical (unpaired) electrons. The lowest BCUT2D eigenvalue weighted by Gasteiger charge is -2.08. The Bertz CT molecular complexity index is 189. The Kier molecular flexibility index (Phi) is 5.48. The molecule has 1 unspecified atom stereocenters. The Labute approximate surface area is 77.3 Å². The van der Waals surface area contributed by atoms with E-state index in [-0.39, 0.29) is 0 Å². The average Bonchev–Trinajstić information content (AvgIpc) is 1.87. The van der Waals surface area contributed by atoms with E-state index in [0.29, 0.717) is 25.1 Å². The van der Waals surface area contributed by atoms with Crippen molar-refractivity contribution < 1.29 is 8.42 Å². The fraction of sp³-hybridized carbons (Fsp3) is 1.00. The van der Waals surface area contributed by atoms with E-state index in [2.05, 4.69) is 0 Å². The highest BCUT2D eigenvalue weighted by atomic mass is 35.7. The Morgan fingerprint density at radius 2 is 2.00 bits per heavy atom. The van der Waals surface area contributed by atoms with Gasteiger partial charge in [-0.05, 0) is 19.3 Å². The predicted octanol–water partition coefficient (Wildman–Crippen LogP) is 2.35. The van der Waals surface area contributed by atoms with Crippen LogP contribution in [0, 0.1) is 0 Å². The summed E-state index contributed by atoms with van der Waals surface area (Å²) in [4.78, 5) is 0. The molecule has 0 aliphatic carbocycles. The first kappa shape index (κ1) is 11.5. The minimum atomic E-state index is -3.37. The second-order valence-corrected chi connectivity index (χ2v) is 5.62. The molecule has 0 N–H and O–H groups in total. The zero-order chi connectivity index (χ0) is 8.91. The molecule has 0 saturated carbocycles. The number of halogens is 2. The van der Waals surface area contributed by atoms with Crippen LogP contribution in [0.4, 0.5) is 0 Å². The van der Waals surface area contributed by atoms with Crippen LogP contribution >= 0.6 is 22.3 Å². The summed E-state index contributed by atoms with van der Waals surface area (Å²) in [5.74, 6) is 0.489. The standard InChI is InChI=1S/C6H12Cl2O2S/c1-2-6(4-3-5-7)11(8,9)10/h6H,2-5H2,1H3. The van der Waals surface area contributed by atoms with Crippen LogP contribution in [-0.4, -0.2) is 19.5 Å². The molecule has 68 valence electrons. The van der Waals surface area contributed by atoms with Crippen LogP contribution in [0.15, 0.2) is 0 Å². The van der Waals surface area contributed by atoms with E-state index in [1.165, 1.54) is 0 Å². The fourth-order valence-electron chi connectivity index (χ4n) is 0.849. The summed E-state index contributed by atoms with van der Waals surface area (Å²) in [6.07, 6.45) is 1.82. The maximum absolute atomic E-state index is 10.8. The van der Waals surface area contributed by atoms with E-state index in [4.69, 9.17) is 22.3 Å². The van der Waals surface area contributed by atoms with Gasteiger partial charge in [0.25, 0.3) is 0 Å². The molecule has 5 heteroatoms. The van der Waals surface area contributed by atoms with Crippen LogP contribution in [-0.2, 0) is 9.05 Å². The van der Waals surface area contributed by atoms with Crippen LogP contribution in [0.1, 0.15) is 26.2 Å². The van der Waals surface area contributed by atoms with Gasteiger partial charge in [0, 0.05) is 16.6 Å². The average molecular weight is 219 g/mol. The van der Waals surface area contributed by atoms with Gasteiger partial charge in [-0.1, -0.05) is 6.92 Å². The summed E-state index contributed by atoms with van der Waals surface area (Å²) in [5.41, 5.74) is 0. The molecule has 0 rings (SSSR count). The van der Waals surface area contributed by atoms with Crippen molar-refractivity contribution >= 4 is 31.3 Å². The van der Waals surface area contributed by atoms with Crippen molar-refractivity contribution in [2.75, 3.05) is 5.88 Å². The minimum Gasteiger partial charge on any atom is -0.212 e. The second-order valence-electron chi connectivity index (χ2n) is 2.34. The quantitative estimate of drug-likeness (QED) is 0.525. The topological polar surface area (TPSA) is 34.1 Å². The Hall–Kier alpha value is 0.530. The van der Waals surface area contributed by atoms with Crippen molar-refractivity contribution in [1.29, 1.82) is 0 Å². The van der Waals surface area contributed by atoms with E-state index in [9.17, 15) is 8.42 Å². The van der Waals surface area contributed by atoms with Crippen molar-refractivity contribution in [3.8, 4) is 0 Å². The SMILES string of the molecule is CCC(CCCCl)S(=O)(=O)Cl. The first-order valence-corrected chi connectivity index (χ1v) is 6.42. The molecule has 0 aromatic heterocycles. The molecule has 0 amide bonds. The molecule has 0 aliphatic rings. The number of hydrogen-bond acceptors (Lipinski definition) is 2. The maximum atomic E-state index is 10.8. The van der Waals surface area contributed by atoms with Gasteiger partial charge in [0.2, 0.25) is 9.05 Å². The van der Waals surface area contributed by atoms with E-state index >= 15 is 0 Å². The van der Waals surface area contributed by atoms with Crippen molar-refractivity contribution in [2.45, 2.75) is 31.4 Å². The molecule has 0 heterocycles. The number of alkyl halides is 1. The van der Waals surface area contributed by atoms with Crippen LogP contribution < -0.4 is 0 Å². The molecule has 11 heavy (non-hydrogen) atoms. The first-order chi connectivity index (χ1) is 5.02. The summed E-state index contributed by atoms with van der Waals surface area (Å²) in [6.45, 7) is 1.80. The van der Waals surface area contributed by atoms with Gasteiger partial charge < -0.3 is 0 Å². The molecule has 0 aromatic rings. The zero-order valence-electron chi connectivity index (χ0n) is 6.39.